The second-order valence-electron chi connectivity index (χ2n) is 0.929. The maximum Gasteiger partial charge on any atom is 0.334 e. The average Bonchev–Trinajstić information content (AvgIpc) is 1.66. The van der Waals surface area contributed by atoms with Gasteiger partial charge in [-0.25, -0.2) is 4.79 Å². The first kappa shape index (κ1) is 6.87. The zero-order chi connectivity index (χ0) is 6.41. The molecule has 0 aromatic carbocycles. The minimum atomic E-state index is -0.522. The SMILES string of the molecule is CON=NOC(C)=O. The van der Waals surface area contributed by atoms with Crippen LogP contribution in [0.1, 0.15) is 6.92 Å². The summed E-state index contributed by atoms with van der Waals surface area (Å²) in [6.45, 7) is 1.22. The van der Waals surface area contributed by atoms with Gasteiger partial charge >= 0.3 is 5.97 Å². The standard InChI is InChI=1S/C3H6N2O3/c1-3(6)8-5-4-7-2/h1-2H3. The van der Waals surface area contributed by atoms with Crippen LogP contribution in [-0.4, -0.2) is 13.1 Å². The molecule has 0 atom stereocenters. The Balaban J connectivity index is 3.16. The minimum Gasteiger partial charge on any atom is -0.380 e. The van der Waals surface area contributed by atoms with Gasteiger partial charge in [0, 0.05) is 6.92 Å². The Labute approximate surface area is 46.2 Å². The first-order valence-electron chi connectivity index (χ1n) is 1.88. The first-order chi connectivity index (χ1) is 3.77. The van der Waals surface area contributed by atoms with Gasteiger partial charge in [-0.2, -0.15) is 0 Å². The van der Waals surface area contributed by atoms with E-state index in [1.165, 1.54) is 14.0 Å². The Bertz CT molecular complexity index is 101. The maximum absolute atomic E-state index is 9.89. The molecule has 0 saturated carbocycles. The van der Waals surface area contributed by atoms with E-state index in [0.717, 1.165) is 0 Å². The molecule has 8 heavy (non-hydrogen) atoms. The van der Waals surface area contributed by atoms with Gasteiger partial charge in [-0.15, -0.1) is 0 Å². The molecule has 0 saturated heterocycles. The van der Waals surface area contributed by atoms with Gasteiger partial charge < -0.3 is 4.84 Å². The van der Waals surface area contributed by atoms with Crippen LogP contribution in [0, 0.1) is 0 Å². The fourth-order valence-electron chi connectivity index (χ4n) is 0.107. The van der Waals surface area contributed by atoms with E-state index in [9.17, 15) is 4.79 Å². The summed E-state index contributed by atoms with van der Waals surface area (Å²) in [4.78, 5) is 17.9. The molecule has 0 aromatic heterocycles. The lowest BCUT2D eigenvalue weighted by Gasteiger charge is -1.83. The van der Waals surface area contributed by atoms with Crippen LogP contribution in [0.2, 0.25) is 0 Å². The third-order valence-electron chi connectivity index (χ3n) is 0.284. The third-order valence-corrected chi connectivity index (χ3v) is 0.284. The largest absolute Gasteiger partial charge is 0.380 e. The normalized spacial score (nSPS) is 9.25. The van der Waals surface area contributed by atoms with Crippen molar-refractivity contribution in [1.29, 1.82) is 0 Å². The highest BCUT2D eigenvalue weighted by atomic mass is 16.7. The quantitative estimate of drug-likeness (QED) is 0.391. The van der Waals surface area contributed by atoms with Crippen LogP contribution in [0.4, 0.5) is 0 Å². The smallest absolute Gasteiger partial charge is 0.334 e. The Morgan fingerprint density at radius 3 is 2.50 bits per heavy atom. The van der Waals surface area contributed by atoms with E-state index < -0.39 is 5.97 Å². The Hall–Kier alpha value is -1.13. The van der Waals surface area contributed by atoms with Gasteiger partial charge in [-0.3, -0.25) is 4.84 Å². The Morgan fingerprint density at radius 1 is 1.50 bits per heavy atom. The molecule has 0 unspecified atom stereocenters. The van der Waals surface area contributed by atoms with E-state index in [4.69, 9.17) is 0 Å². The van der Waals surface area contributed by atoms with E-state index in [2.05, 4.69) is 20.2 Å². The fraction of sp³-hybridized carbons (Fsp3) is 0.667. The van der Waals surface area contributed by atoms with Crippen LogP contribution < -0.4 is 0 Å². The molecular formula is C3H6N2O3. The molecule has 0 amide bonds. The van der Waals surface area contributed by atoms with Gasteiger partial charge in [0.1, 0.15) is 7.11 Å². The van der Waals surface area contributed by atoms with Crippen molar-refractivity contribution in [3.05, 3.63) is 0 Å². The highest BCUT2D eigenvalue weighted by Gasteiger charge is 1.85. The van der Waals surface area contributed by atoms with E-state index in [0.29, 0.717) is 0 Å². The summed E-state index contributed by atoms with van der Waals surface area (Å²) in [7, 11) is 1.30. The van der Waals surface area contributed by atoms with Crippen molar-refractivity contribution in [2.45, 2.75) is 6.92 Å². The van der Waals surface area contributed by atoms with E-state index in [1.807, 2.05) is 0 Å². The van der Waals surface area contributed by atoms with Gasteiger partial charge in [-0.05, 0) is 0 Å². The highest BCUT2D eigenvalue weighted by Crippen LogP contribution is 1.78. The van der Waals surface area contributed by atoms with Crippen LogP contribution in [0.15, 0.2) is 10.6 Å². The zero-order valence-electron chi connectivity index (χ0n) is 4.62. The lowest BCUT2D eigenvalue weighted by atomic mass is 10.8. The van der Waals surface area contributed by atoms with Gasteiger partial charge in [0.05, 0.1) is 10.6 Å². The van der Waals surface area contributed by atoms with Crippen molar-refractivity contribution in [2.75, 3.05) is 7.11 Å². The van der Waals surface area contributed by atoms with Crippen LogP contribution in [-0.2, 0) is 14.5 Å². The van der Waals surface area contributed by atoms with Crippen molar-refractivity contribution in [3.63, 3.8) is 0 Å². The number of carbonyl (C=O) groups is 1. The minimum absolute atomic E-state index is 0.522. The number of nitrogens with zero attached hydrogens (tertiary/aromatic N) is 2. The Kier molecular flexibility index (Phi) is 3.47. The molecule has 0 heterocycles. The maximum atomic E-state index is 9.89. The van der Waals surface area contributed by atoms with E-state index in [1.54, 1.807) is 0 Å². The molecule has 5 heteroatoms. The van der Waals surface area contributed by atoms with E-state index >= 15 is 0 Å². The predicted octanol–water partition coefficient (Wildman–Crippen LogP) is 0.478. The molecule has 0 rings (SSSR count). The molecule has 0 spiro atoms. The second kappa shape index (κ2) is 4.04. The predicted molar refractivity (Wildman–Crippen MR) is 23.6 cm³/mol. The molecule has 5 nitrogen and oxygen atoms in total. The molecule has 0 N–H and O–H groups in total. The molecule has 46 valence electrons. The summed E-state index contributed by atoms with van der Waals surface area (Å²) in [5.41, 5.74) is 0. The topological polar surface area (TPSA) is 60.3 Å². The molecule has 0 aliphatic carbocycles. The van der Waals surface area contributed by atoms with Crippen molar-refractivity contribution in [3.8, 4) is 0 Å². The molecule has 0 aliphatic heterocycles. The highest BCUT2D eigenvalue weighted by molar-refractivity contribution is 5.65. The van der Waals surface area contributed by atoms with Crippen LogP contribution >= 0.6 is 0 Å². The summed E-state index contributed by atoms with van der Waals surface area (Å²) < 4.78 is 0. The molecule has 0 aromatic rings. The summed E-state index contributed by atoms with van der Waals surface area (Å²) >= 11 is 0. The summed E-state index contributed by atoms with van der Waals surface area (Å²) in [6.07, 6.45) is 0. The number of rotatable bonds is 2. The number of hydrogen-bond donors (Lipinski definition) is 0. The van der Waals surface area contributed by atoms with Crippen molar-refractivity contribution in [2.24, 2.45) is 10.6 Å². The second-order valence-corrected chi connectivity index (χ2v) is 0.929. The van der Waals surface area contributed by atoms with Gasteiger partial charge in [0.2, 0.25) is 0 Å². The zero-order valence-corrected chi connectivity index (χ0v) is 4.62. The van der Waals surface area contributed by atoms with Gasteiger partial charge in [0.25, 0.3) is 0 Å². The number of carbonyl (C=O) groups excluding carboxylic acids is 1. The van der Waals surface area contributed by atoms with Crippen LogP contribution in [0.3, 0.4) is 0 Å². The lowest BCUT2D eigenvalue weighted by Crippen LogP contribution is -1.88. The summed E-state index contributed by atoms with van der Waals surface area (Å²) in [5, 5.41) is 5.74. The van der Waals surface area contributed by atoms with Crippen LogP contribution in [0.25, 0.3) is 0 Å². The molecule has 0 radical (unpaired) electrons. The van der Waals surface area contributed by atoms with Crippen molar-refractivity contribution < 1.29 is 14.5 Å². The van der Waals surface area contributed by atoms with Crippen molar-refractivity contribution in [1.82, 2.24) is 0 Å². The first-order valence-corrected chi connectivity index (χ1v) is 1.88. The van der Waals surface area contributed by atoms with Crippen molar-refractivity contribution >= 4 is 5.97 Å². The lowest BCUT2D eigenvalue weighted by molar-refractivity contribution is -0.143. The average molecular weight is 118 g/mol. The summed E-state index contributed by atoms with van der Waals surface area (Å²) in [5.74, 6) is -0.522. The van der Waals surface area contributed by atoms with Gasteiger partial charge in [0.15, 0.2) is 0 Å². The monoisotopic (exact) mass is 118 g/mol. The number of hydrogen-bond acceptors (Lipinski definition) is 5. The van der Waals surface area contributed by atoms with Gasteiger partial charge in [-0.1, -0.05) is 0 Å². The molecule has 0 fully saturated rings. The molecular weight excluding hydrogens is 112 g/mol. The van der Waals surface area contributed by atoms with Crippen LogP contribution in [0.5, 0.6) is 0 Å². The van der Waals surface area contributed by atoms with E-state index in [-0.39, 0.29) is 0 Å². The Morgan fingerprint density at radius 2 is 2.12 bits per heavy atom. The fourth-order valence-corrected chi connectivity index (χ4v) is 0.107. The molecule has 0 aliphatic rings. The molecule has 0 bridgehead atoms. The third kappa shape index (κ3) is 4.87. The summed E-state index contributed by atoms with van der Waals surface area (Å²) in [6, 6.07) is 0.